The van der Waals surface area contributed by atoms with Gasteiger partial charge < -0.3 is 15.4 Å². The molecule has 1 saturated heterocycles. The van der Waals surface area contributed by atoms with Crippen molar-refractivity contribution in [3.05, 3.63) is 0 Å². The molecule has 0 spiro atoms. The highest BCUT2D eigenvalue weighted by Gasteiger charge is 2.32. The van der Waals surface area contributed by atoms with Crippen molar-refractivity contribution in [3.63, 3.8) is 0 Å². The van der Waals surface area contributed by atoms with E-state index < -0.39 is 12.7 Å². The summed E-state index contributed by atoms with van der Waals surface area (Å²) in [6.07, 6.45) is -4.18. The second kappa shape index (κ2) is 6.91. The molecule has 106 valence electrons. The van der Waals surface area contributed by atoms with Crippen LogP contribution in [0.25, 0.3) is 0 Å². The standard InChI is InChI=1S/C10H18F3N3O2/c11-10(12,13)8-15-2-4-16(5-3-15)9(17)7-18-6-1-14/h1-8,14H2. The Bertz CT molecular complexity index is 266. The molecule has 0 aromatic heterocycles. The van der Waals surface area contributed by atoms with Crippen LogP contribution in [0, 0.1) is 0 Å². The van der Waals surface area contributed by atoms with Gasteiger partial charge in [-0.05, 0) is 0 Å². The quantitative estimate of drug-likeness (QED) is 0.694. The molecule has 0 aromatic carbocycles. The van der Waals surface area contributed by atoms with Gasteiger partial charge in [0, 0.05) is 32.7 Å². The van der Waals surface area contributed by atoms with Crippen LogP contribution in [-0.2, 0) is 9.53 Å². The van der Waals surface area contributed by atoms with Crippen LogP contribution in [0.15, 0.2) is 0 Å². The molecule has 0 bridgehead atoms. The molecule has 0 radical (unpaired) electrons. The highest BCUT2D eigenvalue weighted by atomic mass is 19.4. The van der Waals surface area contributed by atoms with Crippen LogP contribution in [0.3, 0.4) is 0 Å². The Morgan fingerprint density at radius 3 is 2.33 bits per heavy atom. The summed E-state index contributed by atoms with van der Waals surface area (Å²) in [6.45, 7) is 0.758. The molecule has 0 unspecified atom stereocenters. The largest absolute Gasteiger partial charge is 0.401 e. The first kappa shape index (κ1) is 15.2. The Hall–Kier alpha value is -0.860. The van der Waals surface area contributed by atoms with Crippen molar-refractivity contribution in [2.45, 2.75) is 6.18 Å². The van der Waals surface area contributed by atoms with Gasteiger partial charge in [0.05, 0.1) is 13.2 Å². The average Bonchev–Trinajstić information content (AvgIpc) is 2.28. The van der Waals surface area contributed by atoms with Crippen molar-refractivity contribution >= 4 is 5.91 Å². The summed E-state index contributed by atoms with van der Waals surface area (Å²) in [5.41, 5.74) is 5.21. The summed E-state index contributed by atoms with van der Waals surface area (Å²) in [4.78, 5) is 14.4. The van der Waals surface area contributed by atoms with Gasteiger partial charge in [0.1, 0.15) is 6.61 Å². The lowest BCUT2D eigenvalue weighted by Gasteiger charge is -2.34. The van der Waals surface area contributed by atoms with Gasteiger partial charge in [0.2, 0.25) is 5.91 Å². The van der Waals surface area contributed by atoms with Crippen molar-refractivity contribution in [2.24, 2.45) is 5.73 Å². The fourth-order valence-corrected chi connectivity index (χ4v) is 1.74. The summed E-state index contributed by atoms with van der Waals surface area (Å²) >= 11 is 0. The van der Waals surface area contributed by atoms with Crippen molar-refractivity contribution in [1.29, 1.82) is 0 Å². The number of hydrogen-bond donors (Lipinski definition) is 1. The third kappa shape index (κ3) is 5.65. The van der Waals surface area contributed by atoms with Crippen LogP contribution in [0.4, 0.5) is 13.2 Å². The SMILES string of the molecule is NCCOCC(=O)N1CCN(CC(F)(F)F)CC1. The van der Waals surface area contributed by atoms with Crippen LogP contribution >= 0.6 is 0 Å². The Morgan fingerprint density at radius 1 is 1.22 bits per heavy atom. The maximum absolute atomic E-state index is 12.1. The molecule has 1 fully saturated rings. The van der Waals surface area contributed by atoms with E-state index in [1.165, 1.54) is 9.80 Å². The van der Waals surface area contributed by atoms with Crippen LogP contribution in [0.5, 0.6) is 0 Å². The lowest BCUT2D eigenvalue weighted by atomic mass is 10.3. The fourth-order valence-electron chi connectivity index (χ4n) is 1.74. The van der Waals surface area contributed by atoms with Gasteiger partial charge in [-0.15, -0.1) is 0 Å². The monoisotopic (exact) mass is 269 g/mol. The zero-order chi connectivity index (χ0) is 13.6. The highest BCUT2D eigenvalue weighted by molar-refractivity contribution is 5.77. The third-order valence-corrected chi connectivity index (χ3v) is 2.62. The van der Waals surface area contributed by atoms with Gasteiger partial charge >= 0.3 is 6.18 Å². The van der Waals surface area contributed by atoms with Crippen molar-refractivity contribution in [3.8, 4) is 0 Å². The number of carbonyl (C=O) groups is 1. The first-order valence-corrected chi connectivity index (χ1v) is 5.77. The molecule has 5 nitrogen and oxygen atoms in total. The van der Waals surface area contributed by atoms with E-state index in [2.05, 4.69) is 0 Å². The van der Waals surface area contributed by atoms with Crippen LogP contribution in [-0.4, -0.2) is 74.4 Å². The molecule has 1 aliphatic rings. The molecule has 18 heavy (non-hydrogen) atoms. The number of nitrogens with two attached hydrogens (primary N) is 1. The number of halogens is 3. The topological polar surface area (TPSA) is 58.8 Å². The van der Waals surface area contributed by atoms with E-state index in [-0.39, 0.29) is 25.6 Å². The number of ether oxygens (including phenoxy) is 1. The Balaban J connectivity index is 2.24. The van der Waals surface area contributed by atoms with Crippen molar-refractivity contribution < 1.29 is 22.7 Å². The van der Waals surface area contributed by atoms with E-state index in [0.717, 1.165) is 0 Å². The van der Waals surface area contributed by atoms with E-state index in [1.54, 1.807) is 0 Å². The van der Waals surface area contributed by atoms with Crippen molar-refractivity contribution in [2.75, 3.05) is 52.5 Å². The van der Waals surface area contributed by atoms with Gasteiger partial charge in [-0.1, -0.05) is 0 Å². The number of rotatable bonds is 5. The van der Waals surface area contributed by atoms with Gasteiger partial charge in [0.25, 0.3) is 0 Å². The molecule has 1 aliphatic heterocycles. The molecule has 0 atom stereocenters. The Labute approximate surface area is 104 Å². The maximum Gasteiger partial charge on any atom is 0.401 e. The molecule has 0 saturated carbocycles. The molecule has 2 N–H and O–H groups in total. The molecule has 0 aromatic rings. The molecule has 8 heteroatoms. The first-order chi connectivity index (χ1) is 8.42. The zero-order valence-corrected chi connectivity index (χ0v) is 10.1. The van der Waals surface area contributed by atoms with Crippen LogP contribution in [0.1, 0.15) is 0 Å². The lowest BCUT2D eigenvalue weighted by molar-refractivity contribution is -0.152. The smallest absolute Gasteiger partial charge is 0.370 e. The minimum Gasteiger partial charge on any atom is -0.370 e. The van der Waals surface area contributed by atoms with E-state index in [4.69, 9.17) is 10.5 Å². The number of nitrogens with zero attached hydrogens (tertiary/aromatic N) is 2. The van der Waals surface area contributed by atoms with Gasteiger partial charge in [-0.2, -0.15) is 13.2 Å². The summed E-state index contributed by atoms with van der Waals surface area (Å²) in [5.74, 6) is -0.199. The number of piperazine rings is 1. The maximum atomic E-state index is 12.1. The van der Waals surface area contributed by atoms with Crippen molar-refractivity contribution in [1.82, 2.24) is 9.80 Å². The minimum atomic E-state index is -4.18. The van der Waals surface area contributed by atoms with Gasteiger partial charge in [0.15, 0.2) is 0 Å². The van der Waals surface area contributed by atoms with E-state index >= 15 is 0 Å². The number of hydrogen-bond acceptors (Lipinski definition) is 4. The van der Waals surface area contributed by atoms with E-state index in [9.17, 15) is 18.0 Å². The Morgan fingerprint density at radius 2 is 1.83 bits per heavy atom. The summed E-state index contributed by atoms with van der Waals surface area (Å²) in [5, 5.41) is 0. The second-order valence-corrected chi connectivity index (χ2v) is 4.11. The molecule has 1 heterocycles. The van der Waals surface area contributed by atoms with Gasteiger partial charge in [-0.25, -0.2) is 0 Å². The van der Waals surface area contributed by atoms with Gasteiger partial charge in [-0.3, -0.25) is 9.69 Å². The summed E-state index contributed by atoms with van der Waals surface area (Å²) in [7, 11) is 0. The zero-order valence-electron chi connectivity index (χ0n) is 10.1. The third-order valence-electron chi connectivity index (χ3n) is 2.62. The number of alkyl halides is 3. The van der Waals surface area contributed by atoms with E-state index in [1.807, 2.05) is 0 Å². The minimum absolute atomic E-state index is 0.0591. The predicted molar refractivity (Wildman–Crippen MR) is 58.9 cm³/mol. The molecular formula is C10H18F3N3O2. The van der Waals surface area contributed by atoms with E-state index in [0.29, 0.717) is 26.2 Å². The lowest BCUT2D eigenvalue weighted by Crippen LogP contribution is -2.51. The normalized spacial score (nSPS) is 18.1. The molecule has 1 amide bonds. The fraction of sp³-hybridized carbons (Fsp3) is 0.900. The van der Waals surface area contributed by atoms with Crippen LogP contribution in [0.2, 0.25) is 0 Å². The van der Waals surface area contributed by atoms with Crippen LogP contribution < -0.4 is 5.73 Å². The average molecular weight is 269 g/mol. The summed E-state index contributed by atoms with van der Waals surface area (Å²) < 4.78 is 41.4. The molecule has 1 rings (SSSR count). The molecular weight excluding hydrogens is 251 g/mol. The predicted octanol–water partition coefficient (Wildman–Crippen LogP) is -0.332. The number of amides is 1. The highest BCUT2D eigenvalue weighted by Crippen LogP contribution is 2.17. The summed E-state index contributed by atoms with van der Waals surface area (Å²) in [6, 6.07) is 0. The molecule has 0 aliphatic carbocycles. The second-order valence-electron chi connectivity index (χ2n) is 4.11. The first-order valence-electron chi connectivity index (χ1n) is 5.77. The number of carbonyl (C=O) groups excluding carboxylic acids is 1. The Kier molecular flexibility index (Phi) is 5.83.